The van der Waals surface area contributed by atoms with Crippen molar-refractivity contribution < 1.29 is 17.9 Å². The molecular formula is C24H24BrClN2O4S. The Bertz CT molecular complexity index is 1230. The SMILES string of the molecule is COc1ccc(C)cc1S(=O)(=O)N(CC(=O)N[C@H](C)c1ccc(Br)cc1)c1ccc(Cl)cc1. The molecule has 0 saturated carbocycles. The van der Waals surface area contributed by atoms with Crippen LogP contribution in [0.2, 0.25) is 5.02 Å². The summed E-state index contributed by atoms with van der Waals surface area (Å²) < 4.78 is 34.7. The molecule has 0 aliphatic rings. The van der Waals surface area contributed by atoms with Gasteiger partial charge in [-0.3, -0.25) is 9.10 Å². The summed E-state index contributed by atoms with van der Waals surface area (Å²) in [7, 11) is -2.73. The standard InChI is InChI=1S/C24H24BrClN2O4S/c1-16-4-13-22(32-3)23(14-16)33(30,31)28(21-11-9-20(26)10-12-21)15-24(29)27-17(2)18-5-7-19(25)8-6-18/h4-14,17H,15H2,1-3H3,(H,27,29)/t17-/m1/s1. The summed E-state index contributed by atoms with van der Waals surface area (Å²) in [6, 6.07) is 18.4. The van der Waals surface area contributed by atoms with E-state index in [1.807, 2.05) is 31.2 Å². The van der Waals surface area contributed by atoms with E-state index >= 15 is 0 Å². The maximum absolute atomic E-state index is 13.7. The Hall–Kier alpha value is -2.55. The van der Waals surface area contributed by atoms with Crippen LogP contribution >= 0.6 is 27.5 Å². The van der Waals surface area contributed by atoms with Gasteiger partial charge in [-0.15, -0.1) is 0 Å². The molecule has 0 radical (unpaired) electrons. The molecule has 6 nitrogen and oxygen atoms in total. The summed E-state index contributed by atoms with van der Waals surface area (Å²) in [5.74, 6) is -0.251. The second-order valence-corrected chi connectivity index (χ2v) is 10.7. The van der Waals surface area contributed by atoms with Gasteiger partial charge in [0.05, 0.1) is 18.8 Å². The molecule has 3 aromatic rings. The fourth-order valence-corrected chi connectivity index (χ4v) is 5.33. The Labute approximate surface area is 207 Å². The molecule has 3 aromatic carbocycles. The highest BCUT2D eigenvalue weighted by atomic mass is 79.9. The number of sulfonamides is 1. The number of amides is 1. The van der Waals surface area contributed by atoms with Gasteiger partial charge in [0, 0.05) is 9.50 Å². The highest BCUT2D eigenvalue weighted by Crippen LogP contribution is 2.31. The first-order chi connectivity index (χ1) is 15.6. The fraction of sp³-hybridized carbons (Fsp3) is 0.208. The van der Waals surface area contributed by atoms with Crippen LogP contribution in [0.3, 0.4) is 0 Å². The summed E-state index contributed by atoms with van der Waals surface area (Å²) >= 11 is 9.39. The van der Waals surface area contributed by atoms with Gasteiger partial charge in [0.25, 0.3) is 10.0 Å². The lowest BCUT2D eigenvalue weighted by molar-refractivity contribution is -0.120. The zero-order chi connectivity index (χ0) is 24.2. The molecule has 0 fully saturated rings. The molecule has 0 unspecified atom stereocenters. The fourth-order valence-electron chi connectivity index (χ4n) is 3.28. The van der Waals surface area contributed by atoms with Crippen molar-refractivity contribution in [1.29, 1.82) is 0 Å². The van der Waals surface area contributed by atoms with Gasteiger partial charge in [0.1, 0.15) is 17.2 Å². The molecule has 0 saturated heterocycles. The normalized spacial score (nSPS) is 12.2. The van der Waals surface area contributed by atoms with Gasteiger partial charge in [-0.25, -0.2) is 8.42 Å². The summed E-state index contributed by atoms with van der Waals surface area (Å²) in [6.07, 6.45) is 0. The molecule has 1 atom stereocenters. The number of hydrogen-bond acceptors (Lipinski definition) is 4. The number of rotatable bonds is 8. The molecule has 33 heavy (non-hydrogen) atoms. The molecule has 0 aliphatic carbocycles. The lowest BCUT2D eigenvalue weighted by Crippen LogP contribution is -2.41. The van der Waals surface area contributed by atoms with E-state index < -0.39 is 22.5 Å². The van der Waals surface area contributed by atoms with Crippen LogP contribution < -0.4 is 14.4 Å². The van der Waals surface area contributed by atoms with Crippen molar-refractivity contribution in [1.82, 2.24) is 5.32 Å². The third kappa shape index (κ3) is 6.07. The lowest BCUT2D eigenvalue weighted by Gasteiger charge is -2.26. The average molecular weight is 552 g/mol. The van der Waals surface area contributed by atoms with E-state index in [2.05, 4.69) is 21.2 Å². The van der Waals surface area contributed by atoms with Crippen LogP contribution in [0.4, 0.5) is 5.69 Å². The molecule has 0 bridgehead atoms. The molecular weight excluding hydrogens is 528 g/mol. The Balaban J connectivity index is 1.95. The van der Waals surface area contributed by atoms with E-state index in [9.17, 15) is 13.2 Å². The van der Waals surface area contributed by atoms with Gasteiger partial charge in [0.2, 0.25) is 5.91 Å². The van der Waals surface area contributed by atoms with E-state index in [1.165, 1.54) is 13.2 Å². The Kier molecular flexibility index (Phi) is 8.05. The van der Waals surface area contributed by atoms with Gasteiger partial charge in [0.15, 0.2) is 0 Å². The molecule has 0 heterocycles. The number of methoxy groups -OCH3 is 1. The summed E-state index contributed by atoms with van der Waals surface area (Å²) in [5.41, 5.74) is 1.96. The van der Waals surface area contributed by atoms with E-state index in [1.54, 1.807) is 43.3 Å². The van der Waals surface area contributed by atoms with Gasteiger partial charge in [-0.1, -0.05) is 45.7 Å². The number of carbonyl (C=O) groups is 1. The minimum Gasteiger partial charge on any atom is -0.495 e. The predicted molar refractivity (Wildman–Crippen MR) is 134 cm³/mol. The van der Waals surface area contributed by atoms with E-state index in [0.29, 0.717) is 10.7 Å². The largest absolute Gasteiger partial charge is 0.495 e. The first-order valence-electron chi connectivity index (χ1n) is 10.1. The molecule has 174 valence electrons. The smallest absolute Gasteiger partial charge is 0.268 e. The molecule has 9 heteroatoms. The first kappa shape index (κ1) is 25.1. The summed E-state index contributed by atoms with van der Waals surface area (Å²) in [5, 5.41) is 3.33. The van der Waals surface area contributed by atoms with E-state index in [0.717, 1.165) is 19.9 Å². The van der Waals surface area contributed by atoms with Gasteiger partial charge >= 0.3 is 0 Å². The molecule has 0 aliphatic heterocycles. The second-order valence-electron chi connectivity index (χ2n) is 7.48. The van der Waals surface area contributed by atoms with Crippen molar-refractivity contribution in [2.24, 2.45) is 0 Å². The molecule has 0 spiro atoms. The maximum atomic E-state index is 13.7. The third-order valence-corrected chi connectivity index (χ3v) is 7.61. The third-order valence-electron chi connectivity index (χ3n) is 5.04. The molecule has 1 N–H and O–H groups in total. The number of ether oxygens (including phenoxy) is 1. The highest BCUT2D eigenvalue weighted by molar-refractivity contribution is 9.10. The number of nitrogens with zero attached hydrogens (tertiary/aromatic N) is 1. The van der Waals surface area contributed by atoms with Crippen LogP contribution in [0.1, 0.15) is 24.1 Å². The lowest BCUT2D eigenvalue weighted by atomic mass is 10.1. The summed E-state index contributed by atoms with van der Waals surface area (Å²) in [4.78, 5) is 12.9. The van der Waals surface area contributed by atoms with Crippen LogP contribution in [0.25, 0.3) is 0 Å². The second kappa shape index (κ2) is 10.6. The van der Waals surface area contributed by atoms with Gasteiger partial charge < -0.3 is 10.1 Å². The van der Waals surface area contributed by atoms with Crippen LogP contribution in [-0.2, 0) is 14.8 Å². The predicted octanol–water partition coefficient (Wildman–Crippen LogP) is 5.49. The van der Waals surface area contributed by atoms with E-state index in [-0.39, 0.29) is 16.7 Å². The number of benzene rings is 3. The number of nitrogens with one attached hydrogen (secondary N) is 1. The quantitative estimate of drug-likeness (QED) is 0.402. The Morgan fingerprint density at radius 1 is 1.09 bits per heavy atom. The minimum atomic E-state index is -4.14. The number of halogens is 2. The van der Waals surface area contributed by atoms with Crippen LogP contribution in [0.5, 0.6) is 5.75 Å². The zero-order valence-corrected chi connectivity index (χ0v) is 21.5. The maximum Gasteiger partial charge on any atom is 0.268 e. The number of hydrogen-bond donors (Lipinski definition) is 1. The van der Waals surface area contributed by atoms with Crippen molar-refractivity contribution in [3.8, 4) is 5.75 Å². The average Bonchev–Trinajstić information content (AvgIpc) is 2.78. The Morgan fingerprint density at radius 2 is 1.73 bits per heavy atom. The molecule has 3 rings (SSSR count). The van der Waals surface area contributed by atoms with E-state index in [4.69, 9.17) is 16.3 Å². The van der Waals surface area contributed by atoms with Gasteiger partial charge in [-0.2, -0.15) is 0 Å². The van der Waals surface area contributed by atoms with Crippen molar-refractivity contribution in [2.75, 3.05) is 18.0 Å². The summed E-state index contributed by atoms with van der Waals surface area (Å²) in [6.45, 7) is 3.21. The number of aryl methyl sites for hydroxylation is 1. The zero-order valence-electron chi connectivity index (χ0n) is 18.4. The van der Waals surface area contributed by atoms with Crippen molar-refractivity contribution in [3.63, 3.8) is 0 Å². The topological polar surface area (TPSA) is 75.7 Å². The Morgan fingerprint density at radius 3 is 2.33 bits per heavy atom. The number of carbonyl (C=O) groups excluding carboxylic acids is 1. The van der Waals surface area contributed by atoms with Crippen LogP contribution in [0.15, 0.2) is 76.1 Å². The monoisotopic (exact) mass is 550 g/mol. The minimum absolute atomic E-state index is 0.0197. The van der Waals surface area contributed by atoms with Crippen molar-refractivity contribution in [2.45, 2.75) is 24.8 Å². The highest BCUT2D eigenvalue weighted by Gasteiger charge is 2.30. The van der Waals surface area contributed by atoms with Crippen LogP contribution in [0, 0.1) is 6.92 Å². The van der Waals surface area contributed by atoms with Gasteiger partial charge in [-0.05, 0) is 73.5 Å². The van der Waals surface area contributed by atoms with Crippen molar-refractivity contribution >= 4 is 49.1 Å². The molecule has 0 aromatic heterocycles. The van der Waals surface area contributed by atoms with Crippen LogP contribution in [-0.4, -0.2) is 28.0 Å². The van der Waals surface area contributed by atoms with Crippen molar-refractivity contribution in [3.05, 3.63) is 87.4 Å². The number of anilines is 1. The first-order valence-corrected chi connectivity index (χ1v) is 12.7. The molecule has 1 amide bonds.